The minimum absolute atomic E-state index is 0.440. The number of aromatic nitrogens is 2. The number of hydrogen-bond acceptors (Lipinski definition) is 5. The zero-order valence-electron chi connectivity index (χ0n) is 12.6. The van der Waals surface area contributed by atoms with Gasteiger partial charge in [0, 0.05) is 29.6 Å². The van der Waals surface area contributed by atoms with Gasteiger partial charge in [0.2, 0.25) is 0 Å². The van der Waals surface area contributed by atoms with Crippen molar-refractivity contribution in [3.8, 4) is 5.75 Å². The third kappa shape index (κ3) is 4.16. The number of benzene rings is 1. The van der Waals surface area contributed by atoms with E-state index in [1.54, 1.807) is 6.33 Å². The van der Waals surface area contributed by atoms with Gasteiger partial charge in [-0.3, -0.25) is 0 Å². The summed E-state index contributed by atoms with van der Waals surface area (Å²) in [6.45, 7) is 5.17. The maximum Gasteiger partial charge on any atom is 0.133 e. The topological polar surface area (TPSA) is 73.1 Å². The molecule has 0 fully saturated rings. The van der Waals surface area contributed by atoms with Crippen molar-refractivity contribution in [2.75, 3.05) is 11.9 Å². The van der Waals surface area contributed by atoms with E-state index in [2.05, 4.69) is 22.2 Å². The SMILES string of the molecule is CCCc1cc(Nc2ccc(OCC)c(CN)c2)ncn1. The van der Waals surface area contributed by atoms with Crippen LogP contribution in [0, 0.1) is 0 Å². The summed E-state index contributed by atoms with van der Waals surface area (Å²) in [5.74, 6) is 1.63. The van der Waals surface area contributed by atoms with Crippen molar-refractivity contribution >= 4 is 11.5 Å². The highest BCUT2D eigenvalue weighted by Gasteiger charge is 2.05. The number of aryl methyl sites for hydroxylation is 1. The fourth-order valence-electron chi connectivity index (χ4n) is 2.12. The molecule has 21 heavy (non-hydrogen) atoms. The molecule has 0 saturated heterocycles. The van der Waals surface area contributed by atoms with Gasteiger partial charge >= 0.3 is 0 Å². The number of nitrogens with two attached hydrogens (primary N) is 1. The minimum Gasteiger partial charge on any atom is -0.494 e. The predicted octanol–water partition coefficient (Wildman–Crippen LogP) is 3.03. The lowest BCUT2D eigenvalue weighted by molar-refractivity contribution is 0.336. The Hall–Kier alpha value is -2.14. The predicted molar refractivity (Wildman–Crippen MR) is 84.8 cm³/mol. The molecular weight excluding hydrogens is 264 g/mol. The number of hydrogen-bond donors (Lipinski definition) is 2. The van der Waals surface area contributed by atoms with Crippen molar-refractivity contribution in [3.05, 3.63) is 41.9 Å². The smallest absolute Gasteiger partial charge is 0.133 e. The van der Waals surface area contributed by atoms with E-state index in [0.717, 1.165) is 41.4 Å². The Balaban J connectivity index is 2.17. The van der Waals surface area contributed by atoms with Gasteiger partial charge in [0.05, 0.1) is 6.61 Å². The maximum atomic E-state index is 5.77. The zero-order chi connectivity index (χ0) is 15.1. The highest BCUT2D eigenvalue weighted by Crippen LogP contribution is 2.24. The average Bonchev–Trinajstić information content (AvgIpc) is 2.50. The van der Waals surface area contributed by atoms with Gasteiger partial charge in [0.1, 0.15) is 17.9 Å². The lowest BCUT2D eigenvalue weighted by Crippen LogP contribution is -2.03. The van der Waals surface area contributed by atoms with Crippen LogP contribution in [-0.4, -0.2) is 16.6 Å². The third-order valence-corrected chi connectivity index (χ3v) is 3.08. The van der Waals surface area contributed by atoms with E-state index < -0.39 is 0 Å². The first kappa shape index (κ1) is 15.3. The quantitative estimate of drug-likeness (QED) is 0.818. The molecule has 0 aliphatic rings. The second-order valence-electron chi connectivity index (χ2n) is 4.73. The molecule has 2 rings (SSSR count). The second-order valence-corrected chi connectivity index (χ2v) is 4.73. The zero-order valence-corrected chi connectivity index (χ0v) is 12.6. The van der Waals surface area contributed by atoms with Gasteiger partial charge in [0.15, 0.2) is 0 Å². The molecule has 0 atom stereocenters. The van der Waals surface area contributed by atoms with Crippen LogP contribution in [0.5, 0.6) is 5.75 Å². The van der Waals surface area contributed by atoms with Crippen molar-refractivity contribution in [2.45, 2.75) is 33.2 Å². The molecule has 3 N–H and O–H groups in total. The fraction of sp³-hybridized carbons (Fsp3) is 0.375. The number of nitrogens with zero attached hydrogens (tertiary/aromatic N) is 2. The van der Waals surface area contributed by atoms with E-state index in [1.165, 1.54) is 0 Å². The molecule has 5 nitrogen and oxygen atoms in total. The van der Waals surface area contributed by atoms with Gasteiger partial charge < -0.3 is 15.8 Å². The fourth-order valence-corrected chi connectivity index (χ4v) is 2.12. The first-order valence-electron chi connectivity index (χ1n) is 7.30. The summed E-state index contributed by atoms with van der Waals surface area (Å²) in [5.41, 5.74) is 8.74. The molecule has 2 aromatic rings. The lowest BCUT2D eigenvalue weighted by atomic mass is 10.1. The van der Waals surface area contributed by atoms with E-state index in [4.69, 9.17) is 10.5 Å². The number of anilines is 2. The summed E-state index contributed by atoms with van der Waals surface area (Å²) in [6.07, 6.45) is 3.61. The normalized spacial score (nSPS) is 10.4. The van der Waals surface area contributed by atoms with E-state index in [1.807, 2.05) is 31.2 Å². The van der Waals surface area contributed by atoms with Crippen LogP contribution in [-0.2, 0) is 13.0 Å². The minimum atomic E-state index is 0.440. The van der Waals surface area contributed by atoms with Crippen LogP contribution < -0.4 is 15.8 Å². The number of nitrogens with one attached hydrogen (secondary N) is 1. The maximum absolute atomic E-state index is 5.77. The summed E-state index contributed by atoms with van der Waals surface area (Å²) in [7, 11) is 0. The molecule has 0 bridgehead atoms. The summed E-state index contributed by atoms with van der Waals surface area (Å²) in [5, 5.41) is 3.28. The molecule has 112 valence electrons. The van der Waals surface area contributed by atoms with Crippen molar-refractivity contribution in [1.82, 2.24) is 9.97 Å². The number of rotatable bonds is 7. The molecule has 0 spiro atoms. The molecule has 1 heterocycles. The monoisotopic (exact) mass is 286 g/mol. The van der Waals surface area contributed by atoms with Crippen LogP contribution in [0.2, 0.25) is 0 Å². The molecular formula is C16H22N4O. The molecule has 5 heteroatoms. The molecule has 0 amide bonds. The molecule has 0 aliphatic carbocycles. The van der Waals surface area contributed by atoms with Crippen molar-refractivity contribution in [3.63, 3.8) is 0 Å². The largest absolute Gasteiger partial charge is 0.494 e. The Morgan fingerprint density at radius 3 is 2.76 bits per heavy atom. The summed E-state index contributed by atoms with van der Waals surface area (Å²) < 4.78 is 5.55. The Morgan fingerprint density at radius 2 is 2.05 bits per heavy atom. The molecule has 1 aromatic carbocycles. The van der Waals surface area contributed by atoms with Gasteiger partial charge in [-0.1, -0.05) is 13.3 Å². The Kier molecular flexibility index (Phi) is 5.51. The highest BCUT2D eigenvalue weighted by atomic mass is 16.5. The lowest BCUT2D eigenvalue weighted by Gasteiger charge is -2.12. The molecule has 0 unspecified atom stereocenters. The van der Waals surface area contributed by atoms with Crippen LogP contribution in [0.25, 0.3) is 0 Å². The molecule has 0 saturated carbocycles. The standard InChI is InChI=1S/C16H22N4O/c1-3-5-13-9-16(19-11-18-13)20-14-6-7-15(21-4-2)12(8-14)10-17/h6-9,11H,3-5,10,17H2,1-2H3,(H,18,19,20). The van der Waals surface area contributed by atoms with Crippen molar-refractivity contribution in [2.24, 2.45) is 5.73 Å². The van der Waals surface area contributed by atoms with Gasteiger partial charge in [-0.2, -0.15) is 0 Å². The van der Waals surface area contributed by atoms with Gasteiger partial charge in [0.25, 0.3) is 0 Å². The Bertz CT molecular complexity index is 586. The summed E-state index contributed by atoms with van der Waals surface area (Å²) >= 11 is 0. The summed E-state index contributed by atoms with van der Waals surface area (Å²) in [4.78, 5) is 8.50. The molecule has 1 aromatic heterocycles. The van der Waals surface area contributed by atoms with E-state index in [-0.39, 0.29) is 0 Å². The van der Waals surface area contributed by atoms with Crippen LogP contribution in [0.15, 0.2) is 30.6 Å². The average molecular weight is 286 g/mol. The molecule has 0 radical (unpaired) electrons. The van der Waals surface area contributed by atoms with Gasteiger partial charge in [-0.25, -0.2) is 9.97 Å². The van der Waals surface area contributed by atoms with Gasteiger partial charge in [-0.05, 0) is 31.5 Å². The number of ether oxygens (including phenoxy) is 1. The Morgan fingerprint density at radius 1 is 1.19 bits per heavy atom. The first-order chi connectivity index (χ1) is 10.3. The van der Waals surface area contributed by atoms with Crippen LogP contribution in [0.3, 0.4) is 0 Å². The van der Waals surface area contributed by atoms with E-state index >= 15 is 0 Å². The third-order valence-electron chi connectivity index (χ3n) is 3.08. The van der Waals surface area contributed by atoms with E-state index in [9.17, 15) is 0 Å². The first-order valence-corrected chi connectivity index (χ1v) is 7.30. The second kappa shape index (κ2) is 7.59. The van der Waals surface area contributed by atoms with Gasteiger partial charge in [-0.15, -0.1) is 0 Å². The Labute approximate surface area is 125 Å². The van der Waals surface area contributed by atoms with Crippen LogP contribution >= 0.6 is 0 Å². The van der Waals surface area contributed by atoms with Crippen molar-refractivity contribution in [1.29, 1.82) is 0 Å². The van der Waals surface area contributed by atoms with Crippen molar-refractivity contribution < 1.29 is 4.74 Å². The highest BCUT2D eigenvalue weighted by molar-refractivity contribution is 5.59. The van der Waals surface area contributed by atoms with Crippen LogP contribution in [0.1, 0.15) is 31.5 Å². The van der Waals surface area contributed by atoms with Crippen LogP contribution in [0.4, 0.5) is 11.5 Å². The molecule has 0 aliphatic heterocycles. The summed E-state index contributed by atoms with van der Waals surface area (Å²) in [6, 6.07) is 7.86. The van der Waals surface area contributed by atoms with E-state index in [0.29, 0.717) is 13.2 Å².